The fourth-order valence-electron chi connectivity index (χ4n) is 1.89. The van der Waals surface area contributed by atoms with E-state index >= 15 is 0 Å². The quantitative estimate of drug-likeness (QED) is 0.677. The van der Waals surface area contributed by atoms with Gasteiger partial charge in [-0.05, 0) is 25.5 Å². The van der Waals surface area contributed by atoms with E-state index < -0.39 is 0 Å². The molecule has 0 saturated heterocycles. The number of anilines is 1. The monoisotopic (exact) mass is 302 g/mol. The summed E-state index contributed by atoms with van der Waals surface area (Å²) in [5.41, 5.74) is 8.99. The van der Waals surface area contributed by atoms with Gasteiger partial charge in [-0.3, -0.25) is 0 Å². The van der Waals surface area contributed by atoms with Crippen LogP contribution in [0.1, 0.15) is 28.4 Å². The number of hydrogen-bond acceptors (Lipinski definition) is 5. The molecule has 0 atom stereocenters. The molecule has 1 heterocycles. The molecule has 1 aromatic carbocycles. The molecule has 0 aliphatic rings. The van der Waals surface area contributed by atoms with Gasteiger partial charge in [0.2, 0.25) is 0 Å². The molecule has 4 nitrogen and oxygen atoms in total. The predicted molar refractivity (Wildman–Crippen MR) is 85.3 cm³/mol. The zero-order chi connectivity index (χ0) is 15.2. The number of carbonyl (C=O) groups excluding carboxylic acids is 1. The molecule has 110 valence electrons. The highest BCUT2D eigenvalue weighted by Gasteiger charge is 2.15. The van der Waals surface area contributed by atoms with Crippen molar-refractivity contribution in [3.63, 3.8) is 0 Å². The van der Waals surface area contributed by atoms with Gasteiger partial charge in [-0.1, -0.05) is 29.8 Å². The normalized spacial score (nSPS) is 10.4. The summed E-state index contributed by atoms with van der Waals surface area (Å²) in [6.45, 7) is 4.16. The average molecular weight is 302 g/mol. The number of thioether (sulfide) groups is 1. The molecule has 5 heteroatoms. The number of nitrogens with zero attached hydrogens (tertiary/aromatic N) is 1. The largest absolute Gasteiger partial charge is 0.462 e. The zero-order valence-corrected chi connectivity index (χ0v) is 12.9. The second-order valence-electron chi connectivity index (χ2n) is 4.62. The zero-order valence-electron chi connectivity index (χ0n) is 12.1. The van der Waals surface area contributed by atoms with Crippen molar-refractivity contribution in [2.24, 2.45) is 0 Å². The van der Waals surface area contributed by atoms with Gasteiger partial charge in [0.1, 0.15) is 5.03 Å². The van der Waals surface area contributed by atoms with Crippen LogP contribution in [-0.2, 0) is 10.5 Å². The van der Waals surface area contributed by atoms with Crippen LogP contribution in [0.25, 0.3) is 0 Å². The summed E-state index contributed by atoms with van der Waals surface area (Å²) in [6, 6.07) is 9.87. The van der Waals surface area contributed by atoms with Crippen molar-refractivity contribution in [2.75, 3.05) is 12.3 Å². The summed E-state index contributed by atoms with van der Waals surface area (Å²) >= 11 is 1.50. The highest BCUT2D eigenvalue weighted by molar-refractivity contribution is 7.98. The van der Waals surface area contributed by atoms with E-state index in [1.165, 1.54) is 22.9 Å². The highest BCUT2D eigenvalue weighted by atomic mass is 32.2. The van der Waals surface area contributed by atoms with E-state index in [9.17, 15) is 4.79 Å². The SMILES string of the molecule is CCOC(=O)c1cc(N)cnc1SCc1cccc(C)c1. The van der Waals surface area contributed by atoms with Crippen LogP contribution >= 0.6 is 11.8 Å². The first-order chi connectivity index (χ1) is 10.1. The number of benzene rings is 1. The number of aromatic nitrogens is 1. The molecule has 2 aromatic rings. The van der Waals surface area contributed by atoms with E-state index in [4.69, 9.17) is 10.5 Å². The van der Waals surface area contributed by atoms with Gasteiger partial charge < -0.3 is 10.5 Å². The van der Waals surface area contributed by atoms with E-state index in [1.807, 2.05) is 6.07 Å². The number of nitrogen functional groups attached to an aromatic ring is 1. The molecule has 0 fully saturated rings. The van der Waals surface area contributed by atoms with Crippen molar-refractivity contribution in [2.45, 2.75) is 24.6 Å². The van der Waals surface area contributed by atoms with E-state index in [0.717, 1.165) is 5.75 Å². The molecular formula is C16H18N2O2S. The van der Waals surface area contributed by atoms with E-state index in [-0.39, 0.29) is 5.97 Å². The van der Waals surface area contributed by atoms with Gasteiger partial charge in [0.15, 0.2) is 0 Å². The summed E-state index contributed by atoms with van der Waals surface area (Å²) in [5.74, 6) is 0.356. The fourth-order valence-corrected chi connectivity index (χ4v) is 2.80. The van der Waals surface area contributed by atoms with Crippen molar-refractivity contribution in [1.82, 2.24) is 4.98 Å². The minimum atomic E-state index is -0.385. The number of aryl methyl sites for hydroxylation is 1. The highest BCUT2D eigenvalue weighted by Crippen LogP contribution is 2.26. The second-order valence-corrected chi connectivity index (χ2v) is 5.58. The van der Waals surface area contributed by atoms with E-state index in [1.54, 1.807) is 19.2 Å². The van der Waals surface area contributed by atoms with Crippen molar-refractivity contribution in [3.05, 3.63) is 53.2 Å². The number of nitrogens with two attached hydrogens (primary N) is 1. The van der Waals surface area contributed by atoms with Crippen molar-refractivity contribution < 1.29 is 9.53 Å². The maximum Gasteiger partial charge on any atom is 0.340 e. The van der Waals surface area contributed by atoms with Crippen LogP contribution in [0.4, 0.5) is 5.69 Å². The molecule has 1 aromatic heterocycles. The lowest BCUT2D eigenvalue weighted by Gasteiger charge is -2.09. The Labute approximate surface area is 128 Å². The smallest absolute Gasteiger partial charge is 0.340 e. The van der Waals surface area contributed by atoms with Crippen LogP contribution < -0.4 is 5.73 Å². The summed E-state index contributed by atoms with van der Waals surface area (Å²) in [7, 11) is 0. The minimum absolute atomic E-state index is 0.329. The summed E-state index contributed by atoms with van der Waals surface area (Å²) in [5, 5.41) is 0.643. The maximum atomic E-state index is 12.0. The summed E-state index contributed by atoms with van der Waals surface area (Å²) in [6.07, 6.45) is 1.56. The van der Waals surface area contributed by atoms with Gasteiger partial charge >= 0.3 is 5.97 Å². The van der Waals surface area contributed by atoms with Gasteiger partial charge in [-0.15, -0.1) is 11.8 Å². The molecular weight excluding hydrogens is 284 g/mol. The Balaban J connectivity index is 2.17. The number of pyridine rings is 1. The predicted octanol–water partition coefficient (Wildman–Crippen LogP) is 3.44. The Morgan fingerprint density at radius 3 is 2.90 bits per heavy atom. The molecule has 0 amide bonds. The molecule has 2 N–H and O–H groups in total. The number of esters is 1. The van der Waals surface area contributed by atoms with Crippen LogP contribution in [-0.4, -0.2) is 17.6 Å². The molecule has 0 spiro atoms. The van der Waals surface area contributed by atoms with E-state index in [2.05, 4.69) is 30.1 Å². The fraction of sp³-hybridized carbons (Fsp3) is 0.250. The molecule has 21 heavy (non-hydrogen) atoms. The molecule has 0 unspecified atom stereocenters. The summed E-state index contributed by atoms with van der Waals surface area (Å²) in [4.78, 5) is 16.2. The third-order valence-corrected chi connectivity index (χ3v) is 3.90. The Kier molecular flexibility index (Phi) is 5.22. The first-order valence-corrected chi connectivity index (χ1v) is 7.69. The van der Waals surface area contributed by atoms with Gasteiger partial charge in [-0.2, -0.15) is 0 Å². The van der Waals surface area contributed by atoms with Gasteiger partial charge in [0, 0.05) is 5.75 Å². The number of ether oxygens (including phenoxy) is 1. The standard InChI is InChI=1S/C16H18N2O2S/c1-3-20-16(19)14-8-13(17)9-18-15(14)21-10-12-6-4-5-11(2)7-12/h4-9H,3,10,17H2,1-2H3. The van der Waals surface area contributed by atoms with Crippen LogP contribution in [0.5, 0.6) is 0 Å². The lowest BCUT2D eigenvalue weighted by atomic mass is 10.2. The Bertz CT molecular complexity index is 644. The van der Waals surface area contributed by atoms with Crippen molar-refractivity contribution in [3.8, 4) is 0 Å². The van der Waals surface area contributed by atoms with Crippen LogP contribution in [0.2, 0.25) is 0 Å². The lowest BCUT2D eigenvalue weighted by molar-refractivity contribution is 0.0521. The van der Waals surface area contributed by atoms with Crippen molar-refractivity contribution in [1.29, 1.82) is 0 Å². The number of hydrogen-bond donors (Lipinski definition) is 1. The van der Waals surface area contributed by atoms with Gasteiger partial charge in [-0.25, -0.2) is 9.78 Å². The minimum Gasteiger partial charge on any atom is -0.462 e. The molecule has 0 bridgehead atoms. The Morgan fingerprint density at radius 1 is 1.38 bits per heavy atom. The average Bonchev–Trinajstić information content (AvgIpc) is 2.46. The number of carbonyl (C=O) groups is 1. The molecule has 2 rings (SSSR count). The van der Waals surface area contributed by atoms with E-state index in [0.29, 0.717) is 22.9 Å². The first-order valence-electron chi connectivity index (χ1n) is 6.71. The van der Waals surface area contributed by atoms with Crippen molar-refractivity contribution >= 4 is 23.4 Å². The molecule has 0 aliphatic heterocycles. The Morgan fingerprint density at radius 2 is 2.19 bits per heavy atom. The van der Waals surface area contributed by atoms with Gasteiger partial charge in [0.05, 0.1) is 24.1 Å². The maximum absolute atomic E-state index is 12.0. The second kappa shape index (κ2) is 7.13. The molecule has 0 radical (unpaired) electrons. The topological polar surface area (TPSA) is 65.2 Å². The van der Waals surface area contributed by atoms with Crippen LogP contribution in [0, 0.1) is 6.92 Å². The third-order valence-electron chi connectivity index (χ3n) is 2.83. The number of rotatable bonds is 5. The Hall–Kier alpha value is -2.01. The summed E-state index contributed by atoms with van der Waals surface area (Å²) < 4.78 is 5.05. The molecule has 0 saturated carbocycles. The molecule has 0 aliphatic carbocycles. The first kappa shape index (κ1) is 15.4. The van der Waals surface area contributed by atoms with Gasteiger partial charge in [0.25, 0.3) is 0 Å². The van der Waals surface area contributed by atoms with Crippen LogP contribution in [0.15, 0.2) is 41.6 Å². The third kappa shape index (κ3) is 4.23. The lowest BCUT2D eigenvalue weighted by Crippen LogP contribution is -2.08. The van der Waals surface area contributed by atoms with Crippen LogP contribution in [0.3, 0.4) is 0 Å².